The van der Waals surface area contributed by atoms with Gasteiger partial charge in [-0.25, -0.2) is 8.42 Å². The fourth-order valence-electron chi connectivity index (χ4n) is 3.20. The molecular weight excluding hydrogens is 414 g/mol. The van der Waals surface area contributed by atoms with E-state index in [-0.39, 0.29) is 28.9 Å². The van der Waals surface area contributed by atoms with Gasteiger partial charge in [-0.05, 0) is 36.4 Å². The number of nitrogens with one attached hydrogen (secondary N) is 1. The number of pyridine rings is 1. The van der Waals surface area contributed by atoms with Crippen LogP contribution in [0.4, 0.5) is 5.69 Å². The Labute approximate surface area is 173 Å². The zero-order chi connectivity index (χ0) is 20.4. The molecule has 29 heavy (non-hydrogen) atoms. The molecule has 1 N–H and O–H groups in total. The number of sulfonamides is 1. The molecule has 2 aromatic carbocycles. The number of halogens is 1. The van der Waals surface area contributed by atoms with E-state index in [1.54, 1.807) is 30.5 Å². The number of aromatic nitrogens is 1. The summed E-state index contributed by atoms with van der Waals surface area (Å²) in [7, 11) is -3.79. The van der Waals surface area contributed by atoms with E-state index in [4.69, 9.17) is 16.3 Å². The van der Waals surface area contributed by atoms with Gasteiger partial charge < -0.3 is 10.1 Å². The van der Waals surface area contributed by atoms with Crippen LogP contribution >= 0.6 is 11.6 Å². The predicted molar refractivity (Wildman–Crippen MR) is 111 cm³/mol. The Morgan fingerprint density at radius 3 is 2.69 bits per heavy atom. The minimum Gasteiger partial charge on any atom is -0.379 e. The van der Waals surface area contributed by atoms with Gasteiger partial charge in [0.15, 0.2) is 0 Å². The highest BCUT2D eigenvalue weighted by atomic mass is 35.5. The van der Waals surface area contributed by atoms with Crippen molar-refractivity contribution in [3.8, 4) is 0 Å². The fraction of sp³-hybridized carbons (Fsp3) is 0.200. The summed E-state index contributed by atoms with van der Waals surface area (Å²) in [5, 5.41) is 3.57. The zero-order valence-corrected chi connectivity index (χ0v) is 16.9. The molecule has 4 rings (SSSR count). The summed E-state index contributed by atoms with van der Waals surface area (Å²) in [6, 6.07) is 13.3. The van der Waals surface area contributed by atoms with Crippen molar-refractivity contribution in [2.45, 2.75) is 4.90 Å². The van der Waals surface area contributed by atoms with Crippen LogP contribution in [0.15, 0.2) is 59.6 Å². The Morgan fingerprint density at radius 2 is 1.90 bits per heavy atom. The average Bonchev–Trinajstić information content (AvgIpc) is 2.75. The lowest BCUT2D eigenvalue weighted by Gasteiger charge is -2.26. The monoisotopic (exact) mass is 431 g/mol. The van der Waals surface area contributed by atoms with Crippen LogP contribution in [0, 0.1) is 0 Å². The highest BCUT2D eigenvalue weighted by Gasteiger charge is 2.28. The van der Waals surface area contributed by atoms with E-state index < -0.39 is 10.0 Å². The largest absolute Gasteiger partial charge is 0.379 e. The smallest absolute Gasteiger partial charge is 0.256 e. The Morgan fingerprint density at radius 1 is 1.10 bits per heavy atom. The minimum atomic E-state index is -3.79. The van der Waals surface area contributed by atoms with Crippen molar-refractivity contribution in [3.63, 3.8) is 0 Å². The first kappa shape index (κ1) is 19.8. The molecule has 1 aliphatic heterocycles. The lowest BCUT2D eigenvalue weighted by Crippen LogP contribution is -2.40. The molecule has 1 saturated heterocycles. The molecule has 0 spiro atoms. The molecule has 1 aromatic heterocycles. The third kappa shape index (κ3) is 3.97. The van der Waals surface area contributed by atoms with Gasteiger partial charge in [-0.3, -0.25) is 9.78 Å². The van der Waals surface area contributed by atoms with Gasteiger partial charge >= 0.3 is 0 Å². The molecule has 150 valence electrons. The van der Waals surface area contributed by atoms with Crippen molar-refractivity contribution >= 4 is 44.1 Å². The SMILES string of the molecule is O=C(Nc1ccc(Cl)c(S(=O)(=O)N2CCOCC2)c1)c1cccc2ncccc12. The molecule has 1 fully saturated rings. The normalized spacial score (nSPS) is 15.3. The van der Waals surface area contributed by atoms with E-state index in [2.05, 4.69) is 10.3 Å². The van der Waals surface area contributed by atoms with Crippen LogP contribution in [0.5, 0.6) is 0 Å². The van der Waals surface area contributed by atoms with E-state index >= 15 is 0 Å². The second-order valence-corrected chi connectivity index (χ2v) is 8.81. The number of nitrogens with zero attached hydrogens (tertiary/aromatic N) is 2. The summed E-state index contributed by atoms with van der Waals surface area (Å²) in [5.74, 6) is -0.361. The fourth-order valence-corrected chi connectivity index (χ4v) is 5.11. The van der Waals surface area contributed by atoms with Crippen molar-refractivity contribution in [2.75, 3.05) is 31.6 Å². The Balaban J connectivity index is 1.64. The van der Waals surface area contributed by atoms with Crippen LogP contribution in [0.3, 0.4) is 0 Å². The van der Waals surface area contributed by atoms with Crippen molar-refractivity contribution < 1.29 is 17.9 Å². The Hall–Kier alpha value is -2.52. The third-order valence-electron chi connectivity index (χ3n) is 4.67. The van der Waals surface area contributed by atoms with Crippen LogP contribution in [0.2, 0.25) is 5.02 Å². The second kappa shape index (κ2) is 8.08. The van der Waals surface area contributed by atoms with E-state index in [0.29, 0.717) is 35.4 Å². The van der Waals surface area contributed by atoms with Crippen molar-refractivity contribution in [1.29, 1.82) is 0 Å². The lowest BCUT2D eigenvalue weighted by atomic mass is 10.1. The third-order valence-corrected chi connectivity index (χ3v) is 7.05. The van der Waals surface area contributed by atoms with Crippen LogP contribution in [-0.2, 0) is 14.8 Å². The molecule has 0 bridgehead atoms. The van der Waals surface area contributed by atoms with Gasteiger partial charge in [0, 0.05) is 35.9 Å². The molecule has 9 heteroatoms. The quantitative estimate of drug-likeness (QED) is 0.685. The number of anilines is 1. The number of hydrogen-bond acceptors (Lipinski definition) is 5. The summed E-state index contributed by atoms with van der Waals surface area (Å²) in [4.78, 5) is 17.0. The van der Waals surface area contributed by atoms with Gasteiger partial charge in [0.25, 0.3) is 5.91 Å². The van der Waals surface area contributed by atoms with Gasteiger partial charge in [0.1, 0.15) is 4.90 Å². The lowest BCUT2D eigenvalue weighted by molar-refractivity contribution is 0.0730. The van der Waals surface area contributed by atoms with E-state index in [1.165, 1.54) is 16.4 Å². The number of benzene rings is 2. The summed E-state index contributed by atoms with van der Waals surface area (Å²) >= 11 is 6.17. The van der Waals surface area contributed by atoms with Crippen LogP contribution < -0.4 is 5.32 Å². The van der Waals surface area contributed by atoms with Gasteiger partial charge in [0.2, 0.25) is 10.0 Å². The predicted octanol–water partition coefficient (Wildman–Crippen LogP) is 3.16. The van der Waals surface area contributed by atoms with Crippen LogP contribution in [0.1, 0.15) is 10.4 Å². The number of hydrogen-bond donors (Lipinski definition) is 1. The minimum absolute atomic E-state index is 0.0431. The molecule has 0 aliphatic carbocycles. The number of fused-ring (bicyclic) bond motifs is 1. The molecule has 1 aliphatic rings. The molecule has 3 aromatic rings. The van der Waals surface area contributed by atoms with Gasteiger partial charge in [-0.15, -0.1) is 0 Å². The van der Waals surface area contributed by atoms with Gasteiger partial charge in [-0.2, -0.15) is 4.31 Å². The van der Waals surface area contributed by atoms with Crippen LogP contribution in [-0.4, -0.2) is 49.9 Å². The van der Waals surface area contributed by atoms with Crippen molar-refractivity contribution in [1.82, 2.24) is 9.29 Å². The molecule has 7 nitrogen and oxygen atoms in total. The Bertz CT molecular complexity index is 1170. The Kier molecular flexibility index (Phi) is 5.51. The topological polar surface area (TPSA) is 88.6 Å². The first-order valence-corrected chi connectivity index (χ1v) is 10.8. The van der Waals surface area contributed by atoms with E-state index in [0.717, 1.165) is 0 Å². The van der Waals surface area contributed by atoms with Crippen LogP contribution in [0.25, 0.3) is 10.9 Å². The first-order chi connectivity index (χ1) is 14.0. The molecule has 2 heterocycles. The first-order valence-electron chi connectivity index (χ1n) is 8.99. The maximum Gasteiger partial charge on any atom is 0.256 e. The maximum atomic E-state index is 13.0. The molecule has 0 saturated carbocycles. The second-order valence-electron chi connectivity index (χ2n) is 6.49. The summed E-state index contributed by atoms with van der Waals surface area (Å²) in [6.45, 7) is 1.20. The highest BCUT2D eigenvalue weighted by Crippen LogP contribution is 2.29. The number of amides is 1. The zero-order valence-electron chi connectivity index (χ0n) is 15.3. The standard InChI is InChI=1S/C20H18ClN3O4S/c21-17-7-6-14(13-19(17)29(26,27)24-9-11-28-12-10-24)23-20(25)16-3-1-5-18-15(16)4-2-8-22-18/h1-8,13H,9-12H2,(H,23,25). The van der Waals surface area contributed by atoms with E-state index in [1.807, 2.05) is 12.1 Å². The molecule has 0 unspecified atom stereocenters. The summed E-state index contributed by atoms with van der Waals surface area (Å²) < 4.78 is 32.5. The highest BCUT2D eigenvalue weighted by molar-refractivity contribution is 7.89. The summed E-state index contributed by atoms with van der Waals surface area (Å²) in [5.41, 5.74) is 1.49. The number of carbonyl (C=O) groups excluding carboxylic acids is 1. The average molecular weight is 432 g/mol. The molecule has 0 radical (unpaired) electrons. The number of morpholine rings is 1. The molecular formula is C20H18ClN3O4S. The van der Waals surface area contributed by atoms with E-state index in [9.17, 15) is 13.2 Å². The number of carbonyl (C=O) groups is 1. The maximum absolute atomic E-state index is 13.0. The number of ether oxygens (including phenoxy) is 1. The number of rotatable bonds is 4. The van der Waals surface area contributed by atoms with Crippen molar-refractivity contribution in [3.05, 3.63) is 65.3 Å². The van der Waals surface area contributed by atoms with Crippen molar-refractivity contribution in [2.24, 2.45) is 0 Å². The molecule has 1 amide bonds. The van der Waals surface area contributed by atoms with Gasteiger partial charge in [0.05, 0.1) is 23.8 Å². The summed E-state index contributed by atoms with van der Waals surface area (Å²) in [6.07, 6.45) is 1.66. The van der Waals surface area contributed by atoms with Gasteiger partial charge in [-0.1, -0.05) is 23.7 Å². The molecule has 0 atom stereocenters.